The van der Waals surface area contributed by atoms with Crippen LogP contribution in [0.1, 0.15) is 34.0 Å². The van der Waals surface area contributed by atoms with Crippen LogP contribution in [-0.4, -0.2) is 43.2 Å². The molecule has 7 heteroatoms. The summed E-state index contributed by atoms with van der Waals surface area (Å²) in [6, 6.07) is 9.85. The maximum absolute atomic E-state index is 11.1. The lowest BCUT2D eigenvalue weighted by Gasteiger charge is -2.16. The number of aliphatic hydroxyl groups excluding tert-OH is 3. The zero-order chi connectivity index (χ0) is 17.5. The summed E-state index contributed by atoms with van der Waals surface area (Å²) in [5.74, 6) is -0.840. The van der Waals surface area contributed by atoms with E-state index < -0.39 is 18.2 Å². The third-order valence-electron chi connectivity index (χ3n) is 3.46. The van der Waals surface area contributed by atoms with Crippen molar-refractivity contribution in [2.75, 3.05) is 5.75 Å². The van der Waals surface area contributed by atoms with Gasteiger partial charge < -0.3 is 20.4 Å². The summed E-state index contributed by atoms with van der Waals surface area (Å²) in [4.78, 5) is 15.1. The molecule has 0 radical (unpaired) electrons. The number of pyridine rings is 1. The van der Waals surface area contributed by atoms with Crippen LogP contribution >= 0.6 is 11.8 Å². The number of nitrogens with zero attached hydrogens (tertiary/aromatic N) is 1. The molecule has 1 aromatic heterocycles. The van der Waals surface area contributed by atoms with E-state index in [2.05, 4.69) is 4.98 Å². The second-order valence-electron chi connectivity index (χ2n) is 5.28. The van der Waals surface area contributed by atoms with E-state index in [4.69, 9.17) is 10.2 Å². The molecule has 0 aliphatic carbocycles. The number of rotatable bonds is 8. The lowest BCUT2D eigenvalue weighted by molar-refractivity contribution is 0.0691. The molecule has 0 aliphatic heterocycles. The van der Waals surface area contributed by atoms with Gasteiger partial charge in [-0.1, -0.05) is 24.3 Å². The van der Waals surface area contributed by atoms with Gasteiger partial charge in [-0.3, -0.25) is 0 Å². The van der Waals surface area contributed by atoms with Gasteiger partial charge in [-0.2, -0.15) is 0 Å². The van der Waals surface area contributed by atoms with Crippen LogP contribution in [-0.2, 0) is 6.61 Å². The molecule has 0 saturated heterocycles. The molecule has 0 aliphatic rings. The fourth-order valence-electron chi connectivity index (χ4n) is 2.15. The molecule has 2 aromatic rings. The molecule has 4 N–H and O–H groups in total. The second-order valence-corrected chi connectivity index (χ2v) is 6.29. The zero-order valence-corrected chi connectivity index (χ0v) is 13.7. The van der Waals surface area contributed by atoms with Crippen LogP contribution in [0, 0.1) is 0 Å². The normalized spacial score (nSPS) is 13.5. The number of aromatic carboxylic acids is 1. The summed E-state index contributed by atoms with van der Waals surface area (Å²) in [5, 5.41) is 38.7. The van der Waals surface area contributed by atoms with Crippen LogP contribution in [0.3, 0.4) is 0 Å². The van der Waals surface area contributed by atoms with Gasteiger partial charge in [0.2, 0.25) is 0 Å². The van der Waals surface area contributed by atoms with Crippen molar-refractivity contribution in [1.82, 2.24) is 4.98 Å². The van der Waals surface area contributed by atoms with Crippen molar-refractivity contribution in [1.29, 1.82) is 0 Å². The van der Waals surface area contributed by atoms with Crippen molar-refractivity contribution in [3.63, 3.8) is 0 Å². The Kier molecular flexibility index (Phi) is 6.74. The van der Waals surface area contributed by atoms with Crippen molar-refractivity contribution in [3.8, 4) is 0 Å². The molecule has 0 fully saturated rings. The van der Waals surface area contributed by atoms with Gasteiger partial charge in [0, 0.05) is 18.4 Å². The Labute approximate surface area is 143 Å². The highest BCUT2D eigenvalue weighted by Crippen LogP contribution is 2.25. The first-order valence-electron chi connectivity index (χ1n) is 7.38. The molecular weight excluding hydrogens is 330 g/mol. The van der Waals surface area contributed by atoms with Crippen molar-refractivity contribution < 1.29 is 25.2 Å². The molecule has 2 atom stereocenters. The van der Waals surface area contributed by atoms with E-state index in [1.54, 1.807) is 30.3 Å². The molecule has 128 valence electrons. The minimum absolute atomic E-state index is 0.0639. The topological polar surface area (TPSA) is 111 Å². The lowest BCUT2D eigenvalue weighted by Crippen LogP contribution is -2.15. The van der Waals surface area contributed by atoms with Crippen molar-refractivity contribution in [2.24, 2.45) is 0 Å². The Morgan fingerprint density at radius 3 is 2.50 bits per heavy atom. The SMILES string of the molecule is O=C(O)c1cccnc1SC[C@@H](O)C[C@@H](O)c1ccc(CO)cc1. The molecule has 0 spiro atoms. The number of carbonyl (C=O) groups is 1. The molecular formula is C17H19NO5S. The third kappa shape index (κ3) is 5.04. The fraction of sp³-hybridized carbons (Fsp3) is 0.294. The van der Waals surface area contributed by atoms with Crippen molar-refractivity contribution in [2.45, 2.75) is 30.3 Å². The first-order valence-corrected chi connectivity index (χ1v) is 8.36. The molecule has 24 heavy (non-hydrogen) atoms. The van der Waals surface area contributed by atoms with E-state index in [1.807, 2.05) is 0 Å². The van der Waals surface area contributed by atoms with Crippen LogP contribution in [0.2, 0.25) is 0 Å². The Morgan fingerprint density at radius 1 is 1.17 bits per heavy atom. The Bertz CT molecular complexity index is 677. The maximum Gasteiger partial charge on any atom is 0.338 e. The van der Waals surface area contributed by atoms with Crippen LogP contribution in [0.4, 0.5) is 0 Å². The number of aliphatic hydroxyl groups is 3. The monoisotopic (exact) mass is 349 g/mol. The summed E-state index contributed by atoms with van der Waals surface area (Å²) in [7, 11) is 0. The van der Waals surface area contributed by atoms with Gasteiger partial charge in [0.25, 0.3) is 0 Å². The molecule has 1 heterocycles. The second kappa shape index (κ2) is 8.79. The Hall–Kier alpha value is -1.93. The highest BCUT2D eigenvalue weighted by Gasteiger charge is 2.17. The number of carboxylic acid groups (broad SMARTS) is 1. The molecule has 0 saturated carbocycles. The van der Waals surface area contributed by atoms with Crippen molar-refractivity contribution >= 4 is 17.7 Å². The highest BCUT2D eigenvalue weighted by atomic mass is 32.2. The van der Waals surface area contributed by atoms with Crippen LogP contribution in [0.15, 0.2) is 47.6 Å². The van der Waals surface area contributed by atoms with Gasteiger partial charge >= 0.3 is 5.97 Å². The number of hydrogen-bond acceptors (Lipinski definition) is 6. The van der Waals surface area contributed by atoms with Crippen molar-refractivity contribution in [3.05, 3.63) is 59.3 Å². The summed E-state index contributed by atoms with van der Waals surface area (Å²) >= 11 is 1.14. The van der Waals surface area contributed by atoms with Crippen LogP contribution in [0.25, 0.3) is 0 Å². The van der Waals surface area contributed by atoms with E-state index in [1.165, 1.54) is 12.3 Å². The molecule has 0 unspecified atom stereocenters. The molecule has 6 nitrogen and oxygen atoms in total. The number of benzene rings is 1. The van der Waals surface area contributed by atoms with Crippen LogP contribution < -0.4 is 0 Å². The van der Waals surface area contributed by atoms with Gasteiger partial charge in [0.05, 0.1) is 24.4 Å². The van der Waals surface area contributed by atoms with Crippen LogP contribution in [0.5, 0.6) is 0 Å². The number of aromatic nitrogens is 1. The standard InChI is InChI=1S/C17H19NO5S/c19-9-11-3-5-12(6-4-11)15(21)8-13(20)10-24-16-14(17(22)23)2-1-7-18-16/h1-7,13,15,19-21H,8-10H2,(H,22,23)/t13-,15+/m0/s1. The molecule has 1 aromatic carbocycles. The molecule has 2 rings (SSSR count). The molecule has 0 bridgehead atoms. The minimum atomic E-state index is -1.07. The van der Waals surface area contributed by atoms with E-state index >= 15 is 0 Å². The zero-order valence-electron chi connectivity index (χ0n) is 12.9. The Balaban J connectivity index is 1.91. The van der Waals surface area contributed by atoms with E-state index in [9.17, 15) is 15.0 Å². The summed E-state index contributed by atoms with van der Waals surface area (Å²) in [5.41, 5.74) is 1.49. The van der Waals surface area contributed by atoms with E-state index in [0.717, 1.165) is 17.3 Å². The fourth-order valence-corrected chi connectivity index (χ4v) is 3.08. The van der Waals surface area contributed by atoms with E-state index in [0.29, 0.717) is 10.6 Å². The first kappa shape index (κ1) is 18.4. The highest BCUT2D eigenvalue weighted by molar-refractivity contribution is 7.99. The Morgan fingerprint density at radius 2 is 1.88 bits per heavy atom. The predicted octanol–water partition coefficient (Wildman–Crippen LogP) is 1.85. The average molecular weight is 349 g/mol. The van der Waals surface area contributed by atoms with E-state index in [-0.39, 0.29) is 24.3 Å². The summed E-state index contributed by atoms with van der Waals surface area (Å²) in [6.07, 6.45) is -0.0263. The number of thioether (sulfide) groups is 1. The quantitative estimate of drug-likeness (QED) is 0.538. The predicted molar refractivity (Wildman–Crippen MR) is 89.9 cm³/mol. The van der Waals surface area contributed by atoms with Gasteiger partial charge in [0.1, 0.15) is 5.03 Å². The number of hydrogen-bond donors (Lipinski definition) is 4. The maximum atomic E-state index is 11.1. The average Bonchev–Trinajstić information content (AvgIpc) is 2.60. The lowest BCUT2D eigenvalue weighted by atomic mass is 10.0. The number of carboxylic acids is 1. The smallest absolute Gasteiger partial charge is 0.338 e. The first-order chi connectivity index (χ1) is 11.5. The summed E-state index contributed by atoms with van der Waals surface area (Å²) in [6.45, 7) is -0.0639. The van der Waals surface area contributed by atoms with Gasteiger partial charge in [-0.15, -0.1) is 11.8 Å². The summed E-state index contributed by atoms with van der Waals surface area (Å²) < 4.78 is 0. The minimum Gasteiger partial charge on any atom is -0.478 e. The largest absolute Gasteiger partial charge is 0.478 e. The van der Waals surface area contributed by atoms with Gasteiger partial charge in [-0.25, -0.2) is 9.78 Å². The molecule has 0 amide bonds. The third-order valence-corrected chi connectivity index (χ3v) is 4.61. The van der Waals surface area contributed by atoms with Gasteiger partial charge in [0.15, 0.2) is 0 Å². The van der Waals surface area contributed by atoms with Gasteiger partial charge in [-0.05, 0) is 23.3 Å².